The first-order chi connectivity index (χ1) is 12.5. The van der Waals surface area contributed by atoms with Gasteiger partial charge in [0.05, 0.1) is 18.7 Å². The zero-order chi connectivity index (χ0) is 18.7. The van der Waals surface area contributed by atoms with Crippen LogP contribution >= 0.6 is 0 Å². The molecule has 2 N–H and O–H groups in total. The Morgan fingerprint density at radius 1 is 1.23 bits per heavy atom. The maximum absolute atomic E-state index is 12.7. The van der Waals surface area contributed by atoms with Gasteiger partial charge in [0, 0.05) is 11.9 Å². The number of amides is 1. The number of rotatable bonds is 6. The smallest absolute Gasteiger partial charge is 0.307 e. The van der Waals surface area contributed by atoms with Crippen LogP contribution in [0.15, 0.2) is 42.6 Å². The van der Waals surface area contributed by atoms with Crippen molar-refractivity contribution in [2.24, 2.45) is 0 Å². The molecule has 0 atom stereocenters. The molecule has 0 aliphatic rings. The summed E-state index contributed by atoms with van der Waals surface area (Å²) in [5, 5.41) is 11.6. The normalized spacial score (nSPS) is 10.7. The van der Waals surface area contributed by atoms with E-state index in [0.717, 1.165) is 0 Å². The van der Waals surface area contributed by atoms with Crippen molar-refractivity contribution in [3.8, 4) is 5.75 Å². The molecule has 2 aromatic heterocycles. The van der Waals surface area contributed by atoms with Crippen molar-refractivity contribution < 1.29 is 19.4 Å². The van der Waals surface area contributed by atoms with Crippen LogP contribution in [0, 0.1) is 6.92 Å². The minimum Gasteiger partial charge on any atom is -0.490 e. The van der Waals surface area contributed by atoms with Gasteiger partial charge in [-0.3, -0.25) is 14.0 Å². The number of aromatic nitrogens is 2. The SMILES string of the molecule is CCOc1cccn2c(C(=O)Nc3ccc(CC(=O)O)cc3)c(C)nc12. The first-order valence-corrected chi connectivity index (χ1v) is 8.22. The van der Waals surface area contributed by atoms with Gasteiger partial charge < -0.3 is 15.2 Å². The lowest BCUT2D eigenvalue weighted by molar-refractivity contribution is -0.136. The molecule has 0 aliphatic carbocycles. The summed E-state index contributed by atoms with van der Waals surface area (Å²) in [6.07, 6.45) is 1.71. The zero-order valence-corrected chi connectivity index (χ0v) is 14.5. The molecule has 26 heavy (non-hydrogen) atoms. The number of carbonyl (C=O) groups excluding carboxylic acids is 1. The maximum Gasteiger partial charge on any atom is 0.307 e. The molecule has 0 bridgehead atoms. The molecule has 1 amide bonds. The van der Waals surface area contributed by atoms with Crippen LogP contribution in [0.3, 0.4) is 0 Å². The fourth-order valence-electron chi connectivity index (χ4n) is 2.77. The number of hydrogen-bond acceptors (Lipinski definition) is 4. The topological polar surface area (TPSA) is 92.9 Å². The number of fused-ring (bicyclic) bond motifs is 1. The molecule has 0 fully saturated rings. The van der Waals surface area contributed by atoms with E-state index in [1.165, 1.54) is 0 Å². The number of carbonyl (C=O) groups is 2. The van der Waals surface area contributed by atoms with Crippen LogP contribution in [0.4, 0.5) is 5.69 Å². The molecule has 0 aliphatic heterocycles. The summed E-state index contributed by atoms with van der Waals surface area (Å²) >= 11 is 0. The summed E-state index contributed by atoms with van der Waals surface area (Å²) in [5.41, 5.74) is 2.87. The van der Waals surface area contributed by atoms with Crippen LogP contribution in [0.2, 0.25) is 0 Å². The number of imidazole rings is 1. The number of nitrogens with zero attached hydrogens (tertiary/aromatic N) is 2. The van der Waals surface area contributed by atoms with Gasteiger partial charge >= 0.3 is 5.97 Å². The molecule has 0 saturated heterocycles. The highest BCUT2D eigenvalue weighted by atomic mass is 16.5. The van der Waals surface area contributed by atoms with Gasteiger partial charge in [0.15, 0.2) is 11.4 Å². The van der Waals surface area contributed by atoms with Crippen LogP contribution in [-0.2, 0) is 11.2 Å². The minimum atomic E-state index is -0.895. The van der Waals surface area contributed by atoms with Crippen molar-refractivity contribution in [3.05, 3.63) is 59.5 Å². The fourth-order valence-corrected chi connectivity index (χ4v) is 2.77. The molecular weight excluding hydrogens is 334 g/mol. The maximum atomic E-state index is 12.7. The van der Waals surface area contributed by atoms with Crippen LogP contribution in [0.1, 0.15) is 28.7 Å². The van der Waals surface area contributed by atoms with Crippen LogP contribution in [-0.4, -0.2) is 33.0 Å². The van der Waals surface area contributed by atoms with E-state index in [1.807, 2.05) is 13.0 Å². The molecule has 3 rings (SSSR count). The van der Waals surface area contributed by atoms with E-state index in [9.17, 15) is 9.59 Å². The first kappa shape index (κ1) is 17.5. The monoisotopic (exact) mass is 353 g/mol. The fraction of sp³-hybridized carbons (Fsp3) is 0.211. The molecule has 1 aromatic carbocycles. The number of pyridine rings is 1. The number of hydrogen-bond donors (Lipinski definition) is 2. The average molecular weight is 353 g/mol. The molecule has 0 saturated carbocycles. The van der Waals surface area contributed by atoms with Gasteiger partial charge in [-0.15, -0.1) is 0 Å². The third kappa shape index (κ3) is 3.51. The highest BCUT2D eigenvalue weighted by Crippen LogP contribution is 2.23. The van der Waals surface area contributed by atoms with Gasteiger partial charge in [0.25, 0.3) is 5.91 Å². The summed E-state index contributed by atoms with van der Waals surface area (Å²) in [6.45, 7) is 4.17. The van der Waals surface area contributed by atoms with Crippen molar-refractivity contribution in [2.45, 2.75) is 20.3 Å². The summed E-state index contributed by atoms with van der Waals surface area (Å²) in [5.74, 6) is -0.571. The summed E-state index contributed by atoms with van der Waals surface area (Å²) in [6, 6.07) is 10.3. The highest BCUT2D eigenvalue weighted by molar-refractivity contribution is 6.04. The van der Waals surface area contributed by atoms with E-state index < -0.39 is 5.97 Å². The molecule has 7 heteroatoms. The summed E-state index contributed by atoms with van der Waals surface area (Å²) in [7, 11) is 0. The highest BCUT2D eigenvalue weighted by Gasteiger charge is 2.19. The van der Waals surface area contributed by atoms with Crippen LogP contribution in [0.5, 0.6) is 5.75 Å². The Hall–Kier alpha value is -3.35. The number of aryl methyl sites for hydroxylation is 1. The van der Waals surface area contributed by atoms with Gasteiger partial charge in [0.1, 0.15) is 5.69 Å². The standard InChI is InChI=1S/C19H19N3O4/c1-3-26-15-5-4-10-22-17(12(2)20-18(15)22)19(25)21-14-8-6-13(7-9-14)11-16(23)24/h4-10H,3,11H2,1-2H3,(H,21,25)(H,23,24). The number of nitrogens with one attached hydrogen (secondary N) is 1. The number of carboxylic acids is 1. The van der Waals surface area contributed by atoms with Gasteiger partial charge in [0.2, 0.25) is 0 Å². The van der Waals surface area contributed by atoms with Gasteiger partial charge in [-0.25, -0.2) is 4.98 Å². The lowest BCUT2D eigenvalue weighted by Crippen LogP contribution is -2.15. The van der Waals surface area contributed by atoms with E-state index in [4.69, 9.17) is 9.84 Å². The van der Waals surface area contributed by atoms with E-state index in [2.05, 4.69) is 10.3 Å². The van der Waals surface area contributed by atoms with Crippen molar-refractivity contribution in [1.29, 1.82) is 0 Å². The molecule has 0 spiro atoms. The Labute approximate surface area is 150 Å². The molecule has 134 valence electrons. The first-order valence-electron chi connectivity index (χ1n) is 8.22. The van der Waals surface area contributed by atoms with Gasteiger partial charge in [-0.05, 0) is 43.7 Å². The Balaban J connectivity index is 1.87. The Morgan fingerprint density at radius 2 is 1.96 bits per heavy atom. The Morgan fingerprint density at radius 3 is 2.62 bits per heavy atom. The van der Waals surface area contributed by atoms with Crippen LogP contribution < -0.4 is 10.1 Å². The minimum absolute atomic E-state index is 0.0548. The molecular formula is C19H19N3O4. The Bertz CT molecular complexity index is 961. The van der Waals surface area contributed by atoms with E-state index >= 15 is 0 Å². The number of aliphatic carboxylic acids is 1. The summed E-state index contributed by atoms with van der Waals surface area (Å²) in [4.78, 5) is 27.9. The van der Waals surface area contributed by atoms with E-state index in [0.29, 0.717) is 40.6 Å². The van der Waals surface area contributed by atoms with Crippen molar-refractivity contribution in [2.75, 3.05) is 11.9 Å². The predicted octanol–water partition coefficient (Wildman–Crippen LogP) is 2.92. The second-order valence-corrected chi connectivity index (χ2v) is 5.77. The molecule has 0 unspecified atom stereocenters. The third-order valence-electron chi connectivity index (χ3n) is 3.87. The number of anilines is 1. The van der Waals surface area contributed by atoms with E-state index in [-0.39, 0.29) is 12.3 Å². The average Bonchev–Trinajstić information content (AvgIpc) is 2.93. The molecule has 7 nitrogen and oxygen atoms in total. The Kier molecular flexibility index (Phi) is 4.88. The number of carboxylic acid groups (broad SMARTS) is 1. The lowest BCUT2D eigenvalue weighted by Gasteiger charge is -2.08. The molecule has 3 aromatic rings. The molecule has 0 radical (unpaired) electrons. The van der Waals surface area contributed by atoms with Crippen molar-refractivity contribution in [3.63, 3.8) is 0 Å². The zero-order valence-electron chi connectivity index (χ0n) is 14.5. The quantitative estimate of drug-likeness (QED) is 0.711. The summed E-state index contributed by atoms with van der Waals surface area (Å²) < 4.78 is 7.27. The van der Waals surface area contributed by atoms with Crippen LogP contribution in [0.25, 0.3) is 5.65 Å². The second-order valence-electron chi connectivity index (χ2n) is 5.77. The number of ether oxygens (including phenoxy) is 1. The lowest BCUT2D eigenvalue weighted by atomic mass is 10.1. The van der Waals surface area contributed by atoms with Crippen molar-refractivity contribution >= 4 is 23.2 Å². The van der Waals surface area contributed by atoms with Gasteiger partial charge in [-0.2, -0.15) is 0 Å². The predicted molar refractivity (Wildman–Crippen MR) is 96.8 cm³/mol. The van der Waals surface area contributed by atoms with Crippen molar-refractivity contribution in [1.82, 2.24) is 9.38 Å². The van der Waals surface area contributed by atoms with Gasteiger partial charge in [-0.1, -0.05) is 12.1 Å². The third-order valence-corrected chi connectivity index (χ3v) is 3.87. The molecule has 2 heterocycles. The second kappa shape index (κ2) is 7.26. The number of benzene rings is 1. The van der Waals surface area contributed by atoms with E-state index in [1.54, 1.807) is 47.9 Å². The largest absolute Gasteiger partial charge is 0.490 e.